The van der Waals surface area contributed by atoms with Crippen molar-refractivity contribution in [2.24, 2.45) is 0 Å². The van der Waals surface area contributed by atoms with Crippen LogP contribution in [0.4, 0.5) is 0 Å². The van der Waals surface area contributed by atoms with Gasteiger partial charge in [0.1, 0.15) is 0 Å². The molecule has 2 unspecified atom stereocenters. The summed E-state index contributed by atoms with van der Waals surface area (Å²) >= 11 is 0. The second kappa shape index (κ2) is 3.40. The molecule has 14 heavy (non-hydrogen) atoms. The minimum absolute atomic E-state index is 0.00801. The van der Waals surface area contributed by atoms with Crippen molar-refractivity contribution in [1.82, 2.24) is 5.32 Å². The van der Waals surface area contributed by atoms with Crippen LogP contribution in [0.15, 0.2) is 23.0 Å². The highest BCUT2D eigenvalue weighted by Crippen LogP contribution is 2.20. The van der Waals surface area contributed by atoms with Gasteiger partial charge < -0.3 is 9.73 Å². The van der Waals surface area contributed by atoms with E-state index in [4.69, 9.17) is 4.42 Å². The molecule has 0 radical (unpaired) electrons. The van der Waals surface area contributed by atoms with E-state index in [2.05, 4.69) is 5.32 Å². The number of hydrogen-bond donors (Lipinski definition) is 1. The lowest BCUT2D eigenvalue weighted by Crippen LogP contribution is -2.45. The van der Waals surface area contributed by atoms with Crippen molar-refractivity contribution in [3.8, 4) is 0 Å². The maximum atomic E-state index is 11.5. The Bertz CT molecular complexity index is 396. The molecule has 4 nitrogen and oxygen atoms in total. The third kappa shape index (κ3) is 1.99. The molecule has 2 rings (SSSR count). The molecule has 5 heteroatoms. The van der Waals surface area contributed by atoms with Crippen LogP contribution in [0, 0.1) is 0 Å². The minimum atomic E-state index is -2.91. The first-order valence-electron chi connectivity index (χ1n) is 4.55. The van der Waals surface area contributed by atoms with Gasteiger partial charge in [-0.15, -0.1) is 0 Å². The molecule has 2 atom stereocenters. The molecular weight excluding hydrogens is 202 g/mol. The Hall–Kier alpha value is -0.810. The molecule has 0 aliphatic carbocycles. The van der Waals surface area contributed by atoms with Gasteiger partial charge in [-0.25, -0.2) is 8.42 Å². The fourth-order valence-corrected chi connectivity index (χ4v) is 3.60. The smallest absolute Gasteiger partial charge is 0.153 e. The predicted molar refractivity (Wildman–Crippen MR) is 52.7 cm³/mol. The fraction of sp³-hybridized carbons (Fsp3) is 0.556. The Morgan fingerprint density at radius 2 is 2.29 bits per heavy atom. The monoisotopic (exact) mass is 215 g/mol. The number of nitrogens with one attached hydrogen (secondary N) is 1. The zero-order valence-electron chi connectivity index (χ0n) is 7.93. The first-order chi connectivity index (χ1) is 6.57. The van der Waals surface area contributed by atoms with Crippen LogP contribution >= 0.6 is 0 Å². The van der Waals surface area contributed by atoms with Crippen LogP contribution in [0.1, 0.15) is 18.5 Å². The van der Waals surface area contributed by atoms with E-state index in [1.54, 1.807) is 18.6 Å². The molecule has 1 fully saturated rings. The third-order valence-corrected chi connectivity index (χ3v) is 4.20. The van der Waals surface area contributed by atoms with Gasteiger partial charge in [0, 0.05) is 17.6 Å². The van der Waals surface area contributed by atoms with Crippen molar-refractivity contribution in [2.45, 2.75) is 19.0 Å². The van der Waals surface area contributed by atoms with E-state index < -0.39 is 9.84 Å². The lowest BCUT2D eigenvalue weighted by molar-refractivity contribution is 0.464. The first-order valence-corrected chi connectivity index (χ1v) is 6.37. The number of rotatable bonds is 1. The predicted octanol–water partition coefficient (Wildman–Crippen LogP) is 0.727. The van der Waals surface area contributed by atoms with Gasteiger partial charge in [-0.1, -0.05) is 0 Å². The van der Waals surface area contributed by atoms with Gasteiger partial charge >= 0.3 is 0 Å². The van der Waals surface area contributed by atoms with E-state index in [1.807, 2.05) is 6.92 Å². The van der Waals surface area contributed by atoms with Gasteiger partial charge in [0.15, 0.2) is 9.84 Å². The van der Waals surface area contributed by atoms with Crippen LogP contribution in [0.25, 0.3) is 0 Å². The van der Waals surface area contributed by atoms with Crippen LogP contribution in [0.3, 0.4) is 0 Å². The lowest BCUT2D eigenvalue weighted by atomic mass is 10.1. The molecule has 0 spiro atoms. The van der Waals surface area contributed by atoms with Crippen molar-refractivity contribution in [1.29, 1.82) is 0 Å². The summed E-state index contributed by atoms with van der Waals surface area (Å²) in [6.45, 7) is 1.88. The Morgan fingerprint density at radius 3 is 2.86 bits per heavy atom. The Morgan fingerprint density at radius 1 is 1.50 bits per heavy atom. The summed E-state index contributed by atoms with van der Waals surface area (Å²) in [5.74, 6) is 0.387. The van der Waals surface area contributed by atoms with Crippen LogP contribution < -0.4 is 5.32 Å². The van der Waals surface area contributed by atoms with Gasteiger partial charge in [0.2, 0.25) is 0 Å². The lowest BCUT2D eigenvalue weighted by Gasteiger charge is -2.27. The Kier molecular flexibility index (Phi) is 2.36. The third-order valence-electron chi connectivity index (χ3n) is 2.36. The summed E-state index contributed by atoms with van der Waals surface area (Å²) in [4.78, 5) is 0. The van der Waals surface area contributed by atoms with E-state index in [0.717, 1.165) is 5.56 Å². The van der Waals surface area contributed by atoms with Gasteiger partial charge in [-0.2, -0.15) is 0 Å². The van der Waals surface area contributed by atoms with Crippen molar-refractivity contribution in [3.05, 3.63) is 24.2 Å². The largest absolute Gasteiger partial charge is 0.472 e. The van der Waals surface area contributed by atoms with Gasteiger partial charge in [-0.05, 0) is 13.0 Å². The van der Waals surface area contributed by atoms with Gasteiger partial charge in [0.25, 0.3) is 0 Å². The molecule has 0 bridgehead atoms. The van der Waals surface area contributed by atoms with Gasteiger partial charge in [-0.3, -0.25) is 0 Å². The summed E-state index contributed by atoms with van der Waals surface area (Å²) in [7, 11) is -2.91. The molecular formula is C9H13NO3S. The van der Waals surface area contributed by atoms with Crippen molar-refractivity contribution in [2.75, 3.05) is 11.5 Å². The topological polar surface area (TPSA) is 59.3 Å². The molecule has 0 saturated carbocycles. The molecule has 1 aliphatic rings. The Balaban J connectivity index is 2.22. The highest BCUT2D eigenvalue weighted by molar-refractivity contribution is 7.91. The maximum absolute atomic E-state index is 11.5. The summed E-state index contributed by atoms with van der Waals surface area (Å²) in [5, 5.41) is 3.24. The van der Waals surface area contributed by atoms with E-state index in [9.17, 15) is 8.42 Å². The minimum Gasteiger partial charge on any atom is -0.472 e. The van der Waals surface area contributed by atoms with E-state index in [0.29, 0.717) is 0 Å². The molecule has 1 aliphatic heterocycles. The van der Waals surface area contributed by atoms with Crippen LogP contribution in [0.5, 0.6) is 0 Å². The van der Waals surface area contributed by atoms with Crippen LogP contribution in [0.2, 0.25) is 0 Å². The highest BCUT2D eigenvalue weighted by Gasteiger charge is 2.30. The molecule has 1 aromatic rings. The zero-order chi connectivity index (χ0) is 10.2. The molecule has 0 amide bonds. The average molecular weight is 215 g/mol. The SMILES string of the molecule is CC1CS(=O)(=O)CC(c2ccoc2)N1. The highest BCUT2D eigenvalue weighted by atomic mass is 32.2. The van der Waals surface area contributed by atoms with Crippen molar-refractivity contribution in [3.63, 3.8) is 0 Å². The number of furan rings is 1. The number of hydrogen-bond acceptors (Lipinski definition) is 4. The quantitative estimate of drug-likeness (QED) is 0.750. The van der Waals surface area contributed by atoms with Gasteiger partial charge in [0.05, 0.1) is 24.0 Å². The fourth-order valence-electron chi connectivity index (χ4n) is 1.81. The maximum Gasteiger partial charge on any atom is 0.153 e. The van der Waals surface area contributed by atoms with E-state index >= 15 is 0 Å². The number of sulfone groups is 1. The van der Waals surface area contributed by atoms with E-state index in [1.165, 1.54) is 0 Å². The second-order valence-corrected chi connectivity index (χ2v) is 5.91. The molecule has 1 N–H and O–H groups in total. The average Bonchev–Trinajstić information content (AvgIpc) is 2.51. The van der Waals surface area contributed by atoms with Crippen molar-refractivity contribution >= 4 is 9.84 Å². The Labute approximate surface area is 83.2 Å². The molecule has 1 saturated heterocycles. The summed E-state index contributed by atoms with van der Waals surface area (Å²) in [6.07, 6.45) is 3.15. The normalized spacial score (nSPS) is 31.5. The van der Waals surface area contributed by atoms with Crippen LogP contribution in [-0.2, 0) is 9.84 Å². The summed E-state index contributed by atoms with van der Waals surface area (Å²) < 4.78 is 27.9. The molecule has 1 aromatic heterocycles. The first kappa shape index (κ1) is 9.73. The second-order valence-electron chi connectivity index (χ2n) is 3.75. The standard InChI is InChI=1S/C9H13NO3S/c1-7-5-14(11,12)6-9(10-7)8-2-3-13-4-8/h2-4,7,9-10H,5-6H2,1H3. The molecule has 0 aromatic carbocycles. The van der Waals surface area contributed by atoms with Crippen molar-refractivity contribution < 1.29 is 12.8 Å². The molecule has 2 heterocycles. The van der Waals surface area contributed by atoms with Crippen LogP contribution in [-0.4, -0.2) is 26.0 Å². The molecule has 78 valence electrons. The zero-order valence-corrected chi connectivity index (χ0v) is 8.75. The summed E-state index contributed by atoms with van der Waals surface area (Å²) in [5.41, 5.74) is 0.903. The van der Waals surface area contributed by atoms with E-state index in [-0.39, 0.29) is 23.6 Å². The summed E-state index contributed by atoms with van der Waals surface area (Å²) in [6, 6.07) is 1.68.